The Bertz CT molecular complexity index is 537. The van der Waals surface area contributed by atoms with Crippen LogP contribution in [-0.2, 0) is 6.54 Å². The molecule has 6 heteroatoms. The molecule has 0 aliphatic carbocycles. The van der Waals surface area contributed by atoms with Crippen LogP contribution in [0.1, 0.15) is 25.3 Å². The SMILES string of the molecule is CCNC(=NCCCCSC)N(C)Cc1ccc2c(c1)OCCO2. The molecule has 0 bridgehead atoms. The van der Waals surface area contributed by atoms with E-state index in [1.807, 2.05) is 17.8 Å². The zero-order valence-corrected chi connectivity index (χ0v) is 15.8. The zero-order valence-electron chi connectivity index (χ0n) is 15.0. The smallest absolute Gasteiger partial charge is 0.193 e. The number of hydrogen-bond donors (Lipinski definition) is 1. The van der Waals surface area contributed by atoms with Crippen molar-refractivity contribution < 1.29 is 9.47 Å². The van der Waals surface area contributed by atoms with Crippen molar-refractivity contribution in [2.24, 2.45) is 4.99 Å². The summed E-state index contributed by atoms with van der Waals surface area (Å²) in [5.74, 6) is 3.84. The quantitative estimate of drug-likeness (QED) is 0.443. The van der Waals surface area contributed by atoms with Gasteiger partial charge < -0.3 is 19.7 Å². The standard InChI is InChI=1S/C18H29N3O2S/c1-4-19-18(20-9-5-6-12-24-3)21(2)14-15-7-8-16-17(13-15)23-11-10-22-16/h7-8,13H,4-6,9-12,14H2,1-3H3,(H,19,20). The maximum atomic E-state index is 5.66. The average molecular weight is 352 g/mol. The molecule has 0 amide bonds. The Labute approximate surface area is 149 Å². The lowest BCUT2D eigenvalue weighted by molar-refractivity contribution is 0.171. The number of nitrogens with zero attached hydrogens (tertiary/aromatic N) is 2. The fraction of sp³-hybridized carbons (Fsp3) is 0.611. The summed E-state index contributed by atoms with van der Waals surface area (Å²) in [6.45, 7) is 5.87. The number of rotatable bonds is 8. The van der Waals surface area contributed by atoms with E-state index in [2.05, 4.69) is 42.6 Å². The third-order valence-electron chi connectivity index (χ3n) is 3.74. The predicted octanol–water partition coefficient (Wildman–Crippen LogP) is 3.00. The number of nitrogens with one attached hydrogen (secondary N) is 1. The maximum absolute atomic E-state index is 5.66. The number of guanidine groups is 1. The second-order valence-corrected chi connectivity index (χ2v) is 6.76. The Morgan fingerprint density at radius 1 is 1.25 bits per heavy atom. The van der Waals surface area contributed by atoms with Gasteiger partial charge in [-0.2, -0.15) is 11.8 Å². The van der Waals surface area contributed by atoms with Gasteiger partial charge in [-0.3, -0.25) is 4.99 Å². The van der Waals surface area contributed by atoms with Crippen molar-refractivity contribution in [1.82, 2.24) is 10.2 Å². The van der Waals surface area contributed by atoms with Gasteiger partial charge in [0.25, 0.3) is 0 Å². The molecule has 0 spiro atoms. The van der Waals surface area contributed by atoms with E-state index in [0.717, 1.165) is 43.5 Å². The number of ether oxygens (including phenoxy) is 2. The van der Waals surface area contributed by atoms with Crippen molar-refractivity contribution in [1.29, 1.82) is 0 Å². The third-order valence-corrected chi connectivity index (χ3v) is 4.44. The number of benzene rings is 1. The van der Waals surface area contributed by atoms with E-state index in [9.17, 15) is 0 Å². The number of hydrogen-bond acceptors (Lipinski definition) is 4. The highest BCUT2D eigenvalue weighted by molar-refractivity contribution is 7.98. The van der Waals surface area contributed by atoms with E-state index < -0.39 is 0 Å². The predicted molar refractivity (Wildman–Crippen MR) is 102 cm³/mol. The molecule has 0 unspecified atom stereocenters. The highest BCUT2D eigenvalue weighted by Gasteiger charge is 2.13. The molecule has 0 aromatic heterocycles. The number of aliphatic imine (C=N–C) groups is 1. The molecule has 1 aliphatic rings. The normalized spacial score (nSPS) is 13.7. The summed E-state index contributed by atoms with van der Waals surface area (Å²) in [6.07, 6.45) is 4.50. The molecule has 0 radical (unpaired) electrons. The van der Waals surface area contributed by atoms with Gasteiger partial charge in [0.05, 0.1) is 0 Å². The number of fused-ring (bicyclic) bond motifs is 1. The van der Waals surface area contributed by atoms with E-state index in [-0.39, 0.29) is 0 Å². The van der Waals surface area contributed by atoms with E-state index in [0.29, 0.717) is 13.2 Å². The van der Waals surface area contributed by atoms with Gasteiger partial charge >= 0.3 is 0 Å². The lowest BCUT2D eigenvalue weighted by atomic mass is 10.2. The molecular weight excluding hydrogens is 322 g/mol. The van der Waals surface area contributed by atoms with Gasteiger partial charge in [-0.15, -0.1) is 0 Å². The van der Waals surface area contributed by atoms with Gasteiger partial charge in [0.15, 0.2) is 17.5 Å². The monoisotopic (exact) mass is 351 g/mol. The molecule has 134 valence electrons. The first kappa shape index (κ1) is 18.8. The van der Waals surface area contributed by atoms with Crippen LogP contribution in [0.5, 0.6) is 11.5 Å². The summed E-state index contributed by atoms with van der Waals surface area (Å²) in [7, 11) is 2.07. The molecular formula is C18H29N3O2S. The second kappa shape index (κ2) is 10.3. The molecule has 0 saturated heterocycles. The van der Waals surface area contributed by atoms with Gasteiger partial charge in [0.2, 0.25) is 0 Å². The Morgan fingerprint density at radius 3 is 2.79 bits per heavy atom. The van der Waals surface area contributed by atoms with Crippen molar-refractivity contribution in [2.45, 2.75) is 26.3 Å². The van der Waals surface area contributed by atoms with Crippen molar-refractivity contribution in [3.8, 4) is 11.5 Å². The van der Waals surface area contributed by atoms with Crippen LogP contribution in [0.3, 0.4) is 0 Å². The molecule has 2 rings (SSSR count). The van der Waals surface area contributed by atoms with E-state index in [1.54, 1.807) is 0 Å². The first-order valence-electron chi connectivity index (χ1n) is 8.61. The highest BCUT2D eigenvalue weighted by atomic mass is 32.2. The molecule has 1 aliphatic heterocycles. The summed E-state index contributed by atoms with van der Waals surface area (Å²) >= 11 is 1.89. The summed E-state index contributed by atoms with van der Waals surface area (Å²) in [6, 6.07) is 6.14. The van der Waals surface area contributed by atoms with Crippen molar-refractivity contribution >= 4 is 17.7 Å². The third kappa shape index (κ3) is 5.82. The molecule has 1 aromatic rings. The molecule has 1 N–H and O–H groups in total. The first-order chi connectivity index (χ1) is 11.7. The number of thioether (sulfide) groups is 1. The highest BCUT2D eigenvalue weighted by Crippen LogP contribution is 2.31. The minimum Gasteiger partial charge on any atom is -0.486 e. The van der Waals surface area contributed by atoms with Crippen LogP contribution in [0.4, 0.5) is 0 Å². The fourth-order valence-electron chi connectivity index (χ4n) is 2.55. The Hall–Kier alpha value is -1.56. The Morgan fingerprint density at radius 2 is 2.04 bits per heavy atom. The molecule has 5 nitrogen and oxygen atoms in total. The summed E-state index contributed by atoms with van der Waals surface area (Å²) in [4.78, 5) is 6.89. The Kier molecular flexibility index (Phi) is 8.08. The van der Waals surface area contributed by atoms with Crippen molar-refractivity contribution in [2.75, 3.05) is 45.4 Å². The minimum absolute atomic E-state index is 0.617. The molecule has 0 fully saturated rings. The molecule has 1 heterocycles. The van der Waals surface area contributed by atoms with Crippen molar-refractivity contribution in [3.05, 3.63) is 23.8 Å². The second-order valence-electron chi connectivity index (χ2n) is 5.77. The lowest BCUT2D eigenvalue weighted by Gasteiger charge is -2.24. The van der Waals surface area contributed by atoms with Crippen LogP contribution in [-0.4, -0.2) is 56.2 Å². The van der Waals surface area contributed by atoms with Gasteiger partial charge in [0.1, 0.15) is 13.2 Å². The van der Waals surface area contributed by atoms with Gasteiger partial charge in [-0.05, 0) is 49.5 Å². The largest absolute Gasteiger partial charge is 0.486 e. The maximum Gasteiger partial charge on any atom is 0.193 e. The van der Waals surface area contributed by atoms with E-state index in [1.165, 1.54) is 17.7 Å². The Balaban J connectivity index is 1.94. The van der Waals surface area contributed by atoms with Crippen molar-refractivity contribution in [3.63, 3.8) is 0 Å². The van der Waals surface area contributed by atoms with Crippen LogP contribution >= 0.6 is 11.8 Å². The fourth-order valence-corrected chi connectivity index (χ4v) is 3.04. The van der Waals surface area contributed by atoms with Gasteiger partial charge in [0, 0.05) is 26.7 Å². The van der Waals surface area contributed by atoms with Crippen LogP contribution in [0.25, 0.3) is 0 Å². The minimum atomic E-state index is 0.617. The molecule has 0 saturated carbocycles. The van der Waals surface area contributed by atoms with Gasteiger partial charge in [-0.1, -0.05) is 6.07 Å². The molecule has 0 atom stereocenters. The van der Waals surface area contributed by atoms with E-state index >= 15 is 0 Å². The first-order valence-corrected chi connectivity index (χ1v) is 10.0. The average Bonchev–Trinajstić information content (AvgIpc) is 2.60. The van der Waals surface area contributed by atoms with Crippen LogP contribution in [0.15, 0.2) is 23.2 Å². The summed E-state index contributed by atoms with van der Waals surface area (Å²) in [5.41, 5.74) is 1.19. The zero-order chi connectivity index (χ0) is 17.2. The van der Waals surface area contributed by atoms with E-state index in [4.69, 9.17) is 14.5 Å². The van der Waals surface area contributed by atoms with Crippen LogP contribution < -0.4 is 14.8 Å². The molecule has 1 aromatic carbocycles. The topological polar surface area (TPSA) is 46.1 Å². The van der Waals surface area contributed by atoms with Gasteiger partial charge in [-0.25, -0.2) is 0 Å². The lowest BCUT2D eigenvalue weighted by Crippen LogP contribution is -2.38. The summed E-state index contributed by atoms with van der Waals surface area (Å²) in [5, 5.41) is 3.37. The van der Waals surface area contributed by atoms with Crippen LogP contribution in [0, 0.1) is 0 Å². The molecule has 24 heavy (non-hydrogen) atoms. The number of unbranched alkanes of at least 4 members (excludes halogenated alkanes) is 1. The summed E-state index contributed by atoms with van der Waals surface area (Å²) < 4.78 is 11.2. The van der Waals surface area contributed by atoms with Crippen LogP contribution in [0.2, 0.25) is 0 Å².